The number of aliphatic hydroxyl groups is 1. The Bertz CT molecular complexity index is 381. The van der Waals surface area contributed by atoms with Crippen molar-refractivity contribution in [2.75, 3.05) is 12.4 Å². The van der Waals surface area contributed by atoms with E-state index in [0.717, 1.165) is 9.37 Å². The first-order valence-electron chi connectivity index (χ1n) is 4.81. The van der Waals surface area contributed by atoms with E-state index in [-0.39, 0.29) is 12.5 Å². The molecule has 0 heterocycles. The van der Waals surface area contributed by atoms with Gasteiger partial charge in [0.15, 0.2) is 0 Å². The van der Waals surface area contributed by atoms with Crippen molar-refractivity contribution in [3.05, 3.63) is 28.2 Å². The number of benzene rings is 1. The molecule has 0 saturated heterocycles. The third-order valence-electron chi connectivity index (χ3n) is 2.01. The number of thioether (sulfide) groups is 1. The van der Waals surface area contributed by atoms with Gasteiger partial charge < -0.3 is 10.2 Å². The van der Waals surface area contributed by atoms with Crippen molar-refractivity contribution in [3.63, 3.8) is 0 Å². The zero-order valence-corrected chi connectivity index (χ0v) is 11.2. The van der Waals surface area contributed by atoms with Gasteiger partial charge >= 0.3 is 5.97 Å². The Morgan fingerprint density at radius 3 is 2.81 bits per heavy atom. The lowest BCUT2D eigenvalue weighted by Crippen LogP contribution is -2.05. The lowest BCUT2D eigenvalue weighted by Gasteiger charge is -2.09. The molecule has 3 nitrogen and oxygen atoms in total. The smallest absolute Gasteiger partial charge is 0.336 e. The molecule has 16 heavy (non-hydrogen) atoms. The van der Waals surface area contributed by atoms with E-state index in [1.807, 2.05) is 13.0 Å². The summed E-state index contributed by atoms with van der Waals surface area (Å²) in [6.45, 7) is 2.04. The van der Waals surface area contributed by atoms with Crippen molar-refractivity contribution in [3.8, 4) is 0 Å². The summed E-state index contributed by atoms with van der Waals surface area (Å²) in [6.07, 6.45) is 0. The number of carbonyl (C=O) groups is 1. The van der Waals surface area contributed by atoms with Crippen molar-refractivity contribution in [2.24, 2.45) is 5.92 Å². The van der Waals surface area contributed by atoms with Crippen LogP contribution in [-0.2, 0) is 0 Å². The molecule has 5 heteroatoms. The first-order valence-corrected chi connectivity index (χ1v) is 6.59. The fraction of sp³-hybridized carbons (Fsp3) is 0.364. The maximum atomic E-state index is 11.0. The topological polar surface area (TPSA) is 57.5 Å². The summed E-state index contributed by atoms with van der Waals surface area (Å²) in [5.41, 5.74) is 0.296. The molecule has 0 saturated carbocycles. The van der Waals surface area contributed by atoms with Gasteiger partial charge in [-0.2, -0.15) is 0 Å². The van der Waals surface area contributed by atoms with Crippen LogP contribution in [0.4, 0.5) is 0 Å². The minimum absolute atomic E-state index is 0.117. The van der Waals surface area contributed by atoms with E-state index < -0.39 is 5.97 Å². The second-order valence-electron chi connectivity index (χ2n) is 3.54. The van der Waals surface area contributed by atoms with Crippen molar-refractivity contribution in [2.45, 2.75) is 11.8 Å². The first kappa shape index (κ1) is 13.5. The summed E-state index contributed by atoms with van der Waals surface area (Å²) in [6, 6.07) is 5.19. The van der Waals surface area contributed by atoms with Gasteiger partial charge in [0.25, 0.3) is 0 Å². The van der Waals surface area contributed by atoms with Crippen LogP contribution in [0.3, 0.4) is 0 Å². The van der Waals surface area contributed by atoms with Crippen LogP contribution in [0, 0.1) is 5.92 Å². The fourth-order valence-electron chi connectivity index (χ4n) is 1.08. The SMILES string of the molecule is CC(CO)CSc1ccc(Br)cc1C(=O)O. The molecule has 0 aliphatic rings. The van der Waals surface area contributed by atoms with Crippen LogP contribution in [0.2, 0.25) is 0 Å². The Morgan fingerprint density at radius 1 is 1.56 bits per heavy atom. The van der Waals surface area contributed by atoms with Gasteiger partial charge in [0.05, 0.1) is 5.56 Å². The molecule has 1 rings (SSSR count). The van der Waals surface area contributed by atoms with Crippen LogP contribution >= 0.6 is 27.7 Å². The third-order valence-corrected chi connectivity index (χ3v) is 3.90. The van der Waals surface area contributed by atoms with E-state index in [9.17, 15) is 4.79 Å². The van der Waals surface area contributed by atoms with Gasteiger partial charge in [-0.1, -0.05) is 22.9 Å². The Morgan fingerprint density at radius 2 is 2.25 bits per heavy atom. The minimum Gasteiger partial charge on any atom is -0.478 e. The predicted molar refractivity (Wildman–Crippen MR) is 68.1 cm³/mol. The summed E-state index contributed by atoms with van der Waals surface area (Å²) in [5, 5.41) is 17.9. The van der Waals surface area contributed by atoms with Gasteiger partial charge in [-0.15, -0.1) is 11.8 Å². The third kappa shape index (κ3) is 3.81. The van der Waals surface area contributed by atoms with E-state index in [1.165, 1.54) is 11.8 Å². The van der Waals surface area contributed by atoms with Crippen molar-refractivity contribution < 1.29 is 15.0 Å². The predicted octanol–water partition coefficient (Wildman–Crippen LogP) is 2.87. The van der Waals surface area contributed by atoms with Crippen LogP contribution < -0.4 is 0 Å². The Hall–Kier alpha value is -0.520. The van der Waals surface area contributed by atoms with Crippen molar-refractivity contribution in [1.82, 2.24) is 0 Å². The van der Waals surface area contributed by atoms with Gasteiger partial charge in [-0.05, 0) is 24.1 Å². The molecule has 0 fully saturated rings. The molecule has 0 bridgehead atoms. The summed E-state index contributed by atoms with van der Waals surface area (Å²) >= 11 is 4.70. The standard InChI is InChI=1S/C11H13BrO3S/c1-7(5-13)6-16-10-3-2-8(12)4-9(10)11(14)15/h2-4,7,13H,5-6H2,1H3,(H,14,15). The molecule has 1 unspecified atom stereocenters. The van der Waals surface area contributed by atoms with Crippen molar-refractivity contribution >= 4 is 33.7 Å². The molecule has 0 aliphatic heterocycles. The van der Waals surface area contributed by atoms with Crippen LogP contribution in [-0.4, -0.2) is 28.5 Å². The maximum Gasteiger partial charge on any atom is 0.336 e. The number of aromatic carboxylic acids is 1. The van der Waals surface area contributed by atoms with Gasteiger partial charge in [-0.25, -0.2) is 4.79 Å². The van der Waals surface area contributed by atoms with Crippen molar-refractivity contribution in [1.29, 1.82) is 0 Å². The van der Waals surface area contributed by atoms with E-state index in [2.05, 4.69) is 15.9 Å². The van der Waals surface area contributed by atoms with Gasteiger partial charge in [0.1, 0.15) is 0 Å². The highest BCUT2D eigenvalue weighted by molar-refractivity contribution is 9.10. The normalized spacial score (nSPS) is 12.4. The average Bonchev–Trinajstić information content (AvgIpc) is 2.26. The van der Waals surface area contributed by atoms with Crippen LogP contribution in [0.1, 0.15) is 17.3 Å². The zero-order valence-electron chi connectivity index (χ0n) is 8.81. The second-order valence-corrected chi connectivity index (χ2v) is 5.52. The maximum absolute atomic E-state index is 11.0. The fourth-order valence-corrected chi connectivity index (χ4v) is 2.48. The zero-order chi connectivity index (χ0) is 12.1. The minimum atomic E-state index is -0.930. The number of rotatable bonds is 5. The summed E-state index contributed by atoms with van der Waals surface area (Å²) < 4.78 is 0.754. The molecule has 1 atom stereocenters. The molecule has 2 N–H and O–H groups in total. The number of carboxylic acid groups (broad SMARTS) is 1. The quantitative estimate of drug-likeness (QED) is 0.821. The summed E-state index contributed by atoms with van der Waals surface area (Å²) in [5.74, 6) is -0.0611. The number of carboxylic acids is 1. The number of hydrogen-bond acceptors (Lipinski definition) is 3. The molecular formula is C11H13BrO3S. The molecular weight excluding hydrogens is 292 g/mol. The highest BCUT2D eigenvalue weighted by atomic mass is 79.9. The summed E-state index contributed by atoms with van der Waals surface area (Å²) in [4.78, 5) is 11.7. The van der Waals surface area contributed by atoms with E-state index in [0.29, 0.717) is 11.3 Å². The van der Waals surface area contributed by atoms with Gasteiger partial charge in [0.2, 0.25) is 0 Å². The highest BCUT2D eigenvalue weighted by Crippen LogP contribution is 2.27. The number of halogens is 1. The second kappa shape index (κ2) is 6.27. The Kier molecular flexibility index (Phi) is 5.31. The lowest BCUT2D eigenvalue weighted by molar-refractivity contribution is 0.0693. The Labute approximate surface area is 107 Å². The molecule has 88 valence electrons. The molecule has 1 aromatic rings. The van der Waals surface area contributed by atoms with E-state index >= 15 is 0 Å². The van der Waals surface area contributed by atoms with Crippen LogP contribution in [0.25, 0.3) is 0 Å². The van der Waals surface area contributed by atoms with E-state index in [1.54, 1.807) is 12.1 Å². The van der Waals surface area contributed by atoms with Crippen LogP contribution in [0.15, 0.2) is 27.6 Å². The first-order chi connectivity index (χ1) is 7.54. The molecule has 0 spiro atoms. The molecule has 0 amide bonds. The molecule has 0 aromatic heterocycles. The van der Waals surface area contributed by atoms with Gasteiger partial charge in [-0.3, -0.25) is 0 Å². The molecule has 0 aliphatic carbocycles. The van der Waals surface area contributed by atoms with Gasteiger partial charge in [0, 0.05) is 21.7 Å². The summed E-state index contributed by atoms with van der Waals surface area (Å²) in [7, 11) is 0. The van der Waals surface area contributed by atoms with Crippen LogP contribution in [0.5, 0.6) is 0 Å². The molecule has 0 radical (unpaired) electrons. The number of hydrogen-bond donors (Lipinski definition) is 2. The molecule has 1 aromatic carbocycles. The highest BCUT2D eigenvalue weighted by Gasteiger charge is 2.12. The number of aliphatic hydroxyl groups excluding tert-OH is 1. The largest absolute Gasteiger partial charge is 0.478 e. The van der Waals surface area contributed by atoms with E-state index in [4.69, 9.17) is 10.2 Å². The monoisotopic (exact) mass is 304 g/mol. The average molecular weight is 305 g/mol. The Balaban J connectivity index is 2.82. The lowest BCUT2D eigenvalue weighted by atomic mass is 10.2.